The molecule has 1 aromatic heterocycles. The highest BCUT2D eigenvalue weighted by Gasteiger charge is 2.09. The molecule has 0 spiro atoms. The van der Waals surface area contributed by atoms with E-state index in [1.807, 2.05) is 42.5 Å². The van der Waals surface area contributed by atoms with Crippen LogP contribution in [0, 0.1) is 0 Å². The molecule has 0 unspecified atom stereocenters. The van der Waals surface area contributed by atoms with E-state index in [4.69, 9.17) is 9.15 Å². The second-order valence-electron chi connectivity index (χ2n) is 4.25. The van der Waals surface area contributed by atoms with Gasteiger partial charge in [-0.15, -0.1) is 0 Å². The first-order chi connectivity index (χ1) is 9.31. The van der Waals surface area contributed by atoms with Crippen molar-refractivity contribution in [1.29, 1.82) is 0 Å². The van der Waals surface area contributed by atoms with Crippen LogP contribution in [0.25, 0.3) is 22.1 Å². The van der Waals surface area contributed by atoms with E-state index in [2.05, 4.69) is 0 Å². The molecule has 3 heteroatoms. The summed E-state index contributed by atoms with van der Waals surface area (Å²) in [6, 6.07) is 13.2. The van der Waals surface area contributed by atoms with Crippen LogP contribution in [0.4, 0.5) is 0 Å². The number of hydrogen-bond donors (Lipinski definition) is 0. The smallest absolute Gasteiger partial charge is 0.150 e. The summed E-state index contributed by atoms with van der Waals surface area (Å²) in [6.45, 7) is 0. The van der Waals surface area contributed by atoms with Gasteiger partial charge in [0.05, 0.1) is 13.4 Å². The van der Waals surface area contributed by atoms with E-state index < -0.39 is 0 Å². The lowest BCUT2D eigenvalue weighted by molar-refractivity contribution is 0.112. The highest BCUT2D eigenvalue weighted by atomic mass is 16.5. The molecule has 0 saturated heterocycles. The first-order valence-electron chi connectivity index (χ1n) is 5.92. The van der Waals surface area contributed by atoms with Crippen LogP contribution in [-0.4, -0.2) is 13.4 Å². The third-order valence-electron chi connectivity index (χ3n) is 3.11. The zero-order valence-corrected chi connectivity index (χ0v) is 10.4. The molecule has 0 aliphatic heterocycles. The fourth-order valence-electron chi connectivity index (χ4n) is 2.16. The average molecular weight is 252 g/mol. The molecule has 3 aromatic rings. The van der Waals surface area contributed by atoms with Crippen molar-refractivity contribution in [2.75, 3.05) is 7.11 Å². The molecule has 0 N–H and O–H groups in total. The molecule has 0 radical (unpaired) electrons. The number of ether oxygens (including phenoxy) is 1. The van der Waals surface area contributed by atoms with Crippen LogP contribution in [0.1, 0.15) is 10.4 Å². The third-order valence-corrected chi connectivity index (χ3v) is 3.11. The highest BCUT2D eigenvalue weighted by Crippen LogP contribution is 2.31. The van der Waals surface area contributed by atoms with E-state index in [1.165, 1.54) is 0 Å². The Bertz CT molecular complexity index is 723. The molecule has 1 heterocycles. The lowest BCUT2D eigenvalue weighted by atomic mass is 10.0. The molecule has 2 aromatic carbocycles. The molecule has 0 aliphatic carbocycles. The molecular formula is C16H12O3. The molecule has 0 aliphatic rings. The SMILES string of the molecule is COc1ccc(-c2cc(C=O)cc3ccoc23)cc1. The molecule has 94 valence electrons. The van der Waals surface area contributed by atoms with Crippen LogP contribution >= 0.6 is 0 Å². The minimum Gasteiger partial charge on any atom is -0.497 e. The summed E-state index contributed by atoms with van der Waals surface area (Å²) >= 11 is 0. The van der Waals surface area contributed by atoms with Crippen molar-refractivity contribution in [2.45, 2.75) is 0 Å². The van der Waals surface area contributed by atoms with E-state index in [0.717, 1.165) is 34.1 Å². The van der Waals surface area contributed by atoms with E-state index in [9.17, 15) is 4.79 Å². The van der Waals surface area contributed by atoms with Crippen LogP contribution in [-0.2, 0) is 0 Å². The summed E-state index contributed by atoms with van der Waals surface area (Å²) in [5.74, 6) is 0.797. The van der Waals surface area contributed by atoms with Crippen LogP contribution in [0.3, 0.4) is 0 Å². The molecular weight excluding hydrogens is 240 g/mol. The minimum atomic E-state index is 0.639. The number of aldehydes is 1. The van der Waals surface area contributed by atoms with Crippen molar-refractivity contribution in [3.8, 4) is 16.9 Å². The second kappa shape index (κ2) is 4.61. The number of hydrogen-bond acceptors (Lipinski definition) is 3. The molecule has 0 fully saturated rings. The van der Waals surface area contributed by atoms with Crippen molar-refractivity contribution in [1.82, 2.24) is 0 Å². The van der Waals surface area contributed by atoms with Crippen LogP contribution in [0.2, 0.25) is 0 Å². The van der Waals surface area contributed by atoms with Crippen LogP contribution in [0.5, 0.6) is 5.75 Å². The zero-order valence-electron chi connectivity index (χ0n) is 10.4. The Balaban J connectivity index is 2.21. The van der Waals surface area contributed by atoms with Gasteiger partial charge in [-0.3, -0.25) is 4.79 Å². The summed E-state index contributed by atoms with van der Waals surface area (Å²) in [5, 5.41) is 0.926. The summed E-state index contributed by atoms with van der Waals surface area (Å²) < 4.78 is 10.7. The molecule has 0 amide bonds. The topological polar surface area (TPSA) is 39.4 Å². The maximum Gasteiger partial charge on any atom is 0.150 e. The molecule has 3 rings (SSSR count). The quantitative estimate of drug-likeness (QED) is 0.663. The molecule has 0 atom stereocenters. The predicted octanol–water partition coefficient (Wildman–Crippen LogP) is 3.92. The standard InChI is InChI=1S/C16H12O3/c1-18-14-4-2-12(3-5-14)15-9-11(10-17)8-13-6-7-19-16(13)15/h2-10H,1H3. The Morgan fingerprint density at radius 1 is 1.11 bits per heavy atom. The molecule has 3 nitrogen and oxygen atoms in total. The Morgan fingerprint density at radius 3 is 2.58 bits per heavy atom. The van der Waals surface area contributed by atoms with Crippen molar-refractivity contribution < 1.29 is 13.9 Å². The fourth-order valence-corrected chi connectivity index (χ4v) is 2.16. The first-order valence-corrected chi connectivity index (χ1v) is 5.92. The van der Waals surface area contributed by atoms with E-state index in [-0.39, 0.29) is 0 Å². The van der Waals surface area contributed by atoms with Gasteiger partial charge < -0.3 is 9.15 Å². The Morgan fingerprint density at radius 2 is 1.89 bits per heavy atom. The number of furan rings is 1. The maximum absolute atomic E-state index is 11.0. The van der Waals surface area contributed by atoms with Crippen molar-refractivity contribution in [2.24, 2.45) is 0 Å². The Labute approximate surface area is 110 Å². The van der Waals surface area contributed by atoms with Crippen LogP contribution in [0.15, 0.2) is 53.1 Å². The monoisotopic (exact) mass is 252 g/mol. The minimum absolute atomic E-state index is 0.639. The van der Waals surface area contributed by atoms with Crippen molar-refractivity contribution in [3.05, 3.63) is 54.3 Å². The van der Waals surface area contributed by atoms with Gasteiger partial charge in [0.25, 0.3) is 0 Å². The lowest BCUT2D eigenvalue weighted by Crippen LogP contribution is -1.86. The Kier molecular flexibility index (Phi) is 2.80. The van der Waals surface area contributed by atoms with Crippen molar-refractivity contribution >= 4 is 17.3 Å². The molecule has 0 bridgehead atoms. The van der Waals surface area contributed by atoms with E-state index in [1.54, 1.807) is 13.4 Å². The van der Waals surface area contributed by atoms with E-state index in [0.29, 0.717) is 5.56 Å². The molecule has 0 saturated carbocycles. The maximum atomic E-state index is 11.0. The van der Waals surface area contributed by atoms with E-state index >= 15 is 0 Å². The largest absolute Gasteiger partial charge is 0.497 e. The normalized spacial score (nSPS) is 10.6. The highest BCUT2D eigenvalue weighted by molar-refractivity contribution is 5.97. The number of fused-ring (bicyclic) bond motifs is 1. The van der Waals surface area contributed by atoms with Gasteiger partial charge in [-0.1, -0.05) is 12.1 Å². The Hall–Kier alpha value is -2.55. The number of benzene rings is 2. The fraction of sp³-hybridized carbons (Fsp3) is 0.0625. The van der Waals surface area contributed by atoms with Gasteiger partial charge in [0, 0.05) is 16.5 Å². The number of carbonyl (C=O) groups is 1. The van der Waals surface area contributed by atoms with Gasteiger partial charge in [0.2, 0.25) is 0 Å². The summed E-state index contributed by atoms with van der Waals surface area (Å²) in [7, 11) is 1.63. The third kappa shape index (κ3) is 1.99. The average Bonchev–Trinajstić information content (AvgIpc) is 2.94. The van der Waals surface area contributed by atoms with Gasteiger partial charge in [-0.25, -0.2) is 0 Å². The predicted molar refractivity (Wildman–Crippen MR) is 73.6 cm³/mol. The number of methoxy groups -OCH3 is 1. The molecule has 19 heavy (non-hydrogen) atoms. The van der Waals surface area contributed by atoms with Gasteiger partial charge >= 0.3 is 0 Å². The second-order valence-corrected chi connectivity index (χ2v) is 4.25. The van der Waals surface area contributed by atoms with Gasteiger partial charge in [0.15, 0.2) is 0 Å². The summed E-state index contributed by atoms with van der Waals surface area (Å²) in [6.07, 6.45) is 2.48. The number of rotatable bonds is 3. The lowest BCUT2D eigenvalue weighted by Gasteiger charge is -2.05. The summed E-state index contributed by atoms with van der Waals surface area (Å²) in [5.41, 5.74) is 3.33. The van der Waals surface area contributed by atoms with Crippen molar-refractivity contribution in [3.63, 3.8) is 0 Å². The number of carbonyl (C=O) groups excluding carboxylic acids is 1. The first kappa shape index (κ1) is 11.5. The van der Waals surface area contributed by atoms with Crippen LogP contribution < -0.4 is 4.74 Å². The van der Waals surface area contributed by atoms with Gasteiger partial charge in [0.1, 0.15) is 17.6 Å². The zero-order chi connectivity index (χ0) is 13.2. The summed E-state index contributed by atoms with van der Waals surface area (Å²) in [4.78, 5) is 11.0. The van der Waals surface area contributed by atoms with Gasteiger partial charge in [-0.2, -0.15) is 0 Å². The van der Waals surface area contributed by atoms with Gasteiger partial charge in [-0.05, 0) is 35.9 Å².